The Kier molecular flexibility index (Phi) is 5.81. The molecule has 1 fully saturated rings. The second-order valence-corrected chi connectivity index (χ2v) is 7.89. The van der Waals surface area contributed by atoms with Crippen molar-refractivity contribution in [2.24, 2.45) is 5.92 Å². The first kappa shape index (κ1) is 16.5. The lowest BCUT2D eigenvalue weighted by Crippen LogP contribution is -2.37. The van der Waals surface area contributed by atoms with E-state index in [0.29, 0.717) is 19.5 Å². The zero-order chi connectivity index (χ0) is 15.4. The quantitative estimate of drug-likeness (QED) is 0.833. The van der Waals surface area contributed by atoms with E-state index in [0.717, 1.165) is 21.5 Å². The Balaban J connectivity index is 1.87. The minimum Gasteiger partial charge on any atom is -0.351 e. The van der Waals surface area contributed by atoms with Crippen LogP contribution < -0.4 is 5.32 Å². The summed E-state index contributed by atoms with van der Waals surface area (Å²) in [6, 6.07) is 4.23. The van der Waals surface area contributed by atoms with Crippen molar-refractivity contribution in [1.29, 1.82) is 0 Å². The van der Waals surface area contributed by atoms with Crippen molar-refractivity contribution in [3.8, 4) is 0 Å². The fourth-order valence-electron chi connectivity index (χ4n) is 2.75. The second kappa shape index (κ2) is 7.40. The molecule has 116 valence electrons. The second-order valence-electron chi connectivity index (χ2n) is 5.34. The van der Waals surface area contributed by atoms with Crippen LogP contribution in [0.2, 0.25) is 0 Å². The highest BCUT2D eigenvalue weighted by molar-refractivity contribution is 9.11. The third-order valence-electron chi connectivity index (χ3n) is 3.98. The van der Waals surface area contributed by atoms with E-state index >= 15 is 0 Å². The van der Waals surface area contributed by atoms with E-state index in [-0.39, 0.29) is 23.8 Å². The number of nitrogens with one attached hydrogen (secondary N) is 1. The zero-order valence-electron chi connectivity index (χ0n) is 12.4. The van der Waals surface area contributed by atoms with Crippen LogP contribution in [0.5, 0.6) is 0 Å². The standard InChI is InChI=1S/C15H21BrN2O2S/c1-3-11(4-2)18-9-10(7-14(18)19)15(20)17-8-12-5-6-13(16)21-12/h5-6,10-11H,3-4,7-9H2,1-2H3,(H,17,20). The predicted octanol–water partition coefficient (Wildman–Crippen LogP) is 3.16. The highest BCUT2D eigenvalue weighted by Crippen LogP contribution is 2.24. The van der Waals surface area contributed by atoms with E-state index in [1.807, 2.05) is 17.0 Å². The monoisotopic (exact) mass is 372 g/mol. The number of halogens is 1. The Morgan fingerprint density at radius 3 is 2.76 bits per heavy atom. The van der Waals surface area contributed by atoms with Gasteiger partial charge in [0, 0.05) is 23.9 Å². The number of hydrogen-bond acceptors (Lipinski definition) is 3. The molecule has 1 aromatic heterocycles. The highest BCUT2D eigenvalue weighted by atomic mass is 79.9. The zero-order valence-corrected chi connectivity index (χ0v) is 14.8. The number of carbonyl (C=O) groups excluding carboxylic acids is 2. The molecule has 1 saturated heterocycles. The Hall–Kier alpha value is -0.880. The maximum Gasteiger partial charge on any atom is 0.225 e. The van der Waals surface area contributed by atoms with Crippen LogP contribution in [0.25, 0.3) is 0 Å². The summed E-state index contributed by atoms with van der Waals surface area (Å²) in [5, 5.41) is 2.94. The number of hydrogen-bond donors (Lipinski definition) is 1. The molecule has 0 saturated carbocycles. The van der Waals surface area contributed by atoms with Gasteiger partial charge in [0.1, 0.15) is 0 Å². The Morgan fingerprint density at radius 2 is 2.19 bits per heavy atom. The van der Waals surface area contributed by atoms with E-state index in [1.54, 1.807) is 11.3 Å². The van der Waals surface area contributed by atoms with Gasteiger partial charge in [0.25, 0.3) is 0 Å². The maximum atomic E-state index is 12.2. The number of thiophene rings is 1. The van der Waals surface area contributed by atoms with Crippen LogP contribution in [0.3, 0.4) is 0 Å². The highest BCUT2D eigenvalue weighted by Gasteiger charge is 2.36. The Labute approximate surface area is 138 Å². The largest absolute Gasteiger partial charge is 0.351 e. The molecule has 1 unspecified atom stereocenters. The van der Waals surface area contributed by atoms with E-state index in [9.17, 15) is 9.59 Å². The molecule has 0 aliphatic carbocycles. The molecule has 1 aliphatic rings. The van der Waals surface area contributed by atoms with Crippen molar-refractivity contribution in [1.82, 2.24) is 10.2 Å². The van der Waals surface area contributed by atoms with Gasteiger partial charge in [0.15, 0.2) is 0 Å². The average Bonchev–Trinajstić information content (AvgIpc) is 3.05. The van der Waals surface area contributed by atoms with Crippen molar-refractivity contribution >= 4 is 39.1 Å². The predicted molar refractivity (Wildman–Crippen MR) is 88.1 cm³/mol. The molecule has 2 heterocycles. The average molecular weight is 373 g/mol. The fourth-order valence-corrected chi connectivity index (χ4v) is 4.18. The summed E-state index contributed by atoms with van der Waals surface area (Å²) in [5.74, 6) is -0.106. The van der Waals surface area contributed by atoms with Gasteiger partial charge < -0.3 is 10.2 Å². The van der Waals surface area contributed by atoms with Gasteiger partial charge in [-0.1, -0.05) is 13.8 Å². The van der Waals surface area contributed by atoms with Crippen LogP contribution in [-0.4, -0.2) is 29.3 Å². The molecule has 4 nitrogen and oxygen atoms in total. The minimum absolute atomic E-state index is 0.0127. The summed E-state index contributed by atoms with van der Waals surface area (Å²) in [4.78, 5) is 27.3. The maximum absolute atomic E-state index is 12.2. The van der Waals surface area contributed by atoms with Gasteiger partial charge in [-0.3, -0.25) is 9.59 Å². The smallest absolute Gasteiger partial charge is 0.225 e. The third kappa shape index (κ3) is 4.07. The lowest BCUT2D eigenvalue weighted by Gasteiger charge is -2.26. The number of nitrogens with zero attached hydrogens (tertiary/aromatic N) is 1. The van der Waals surface area contributed by atoms with E-state index in [1.165, 1.54) is 0 Å². The van der Waals surface area contributed by atoms with Crippen LogP contribution in [0.4, 0.5) is 0 Å². The summed E-state index contributed by atoms with van der Waals surface area (Å²) < 4.78 is 1.06. The molecule has 1 N–H and O–H groups in total. The van der Waals surface area contributed by atoms with Gasteiger partial charge >= 0.3 is 0 Å². The molecule has 0 aromatic carbocycles. The van der Waals surface area contributed by atoms with Gasteiger partial charge in [0.2, 0.25) is 11.8 Å². The van der Waals surface area contributed by atoms with E-state index in [2.05, 4.69) is 35.1 Å². The first-order chi connectivity index (χ1) is 10.0. The van der Waals surface area contributed by atoms with Crippen molar-refractivity contribution in [2.75, 3.05) is 6.54 Å². The fraction of sp³-hybridized carbons (Fsp3) is 0.600. The molecule has 2 amide bonds. The van der Waals surface area contributed by atoms with Crippen molar-refractivity contribution < 1.29 is 9.59 Å². The molecule has 1 atom stereocenters. The van der Waals surface area contributed by atoms with Gasteiger partial charge in [-0.15, -0.1) is 11.3 Å². The van der Waals surface area contributed by atoms with Gasteiger partial charge in [-0.2, -0.15) is 0 Å². The molecule has 0 radical (unpaired) electrons. The van der Waals surface area contributed by atoms with Crippen molar-refractivity contribution in [2.45, 2.75) is 45.7 Å². The SMILES string of the molecule is CCC(CC)N1CC(C(=O)NCc2ccc(Br)s2)CC1=O. The first-order valence-corrected chi connectivity index (χ1v) is 8.97. The Bertz CT molecular complexity index is 514. The molecule has 1 aliphatic heterocycles. The topological polar surface area (TPSA) is 49.4 Å². The summed E-state index contributed by atoms with van der Waals surface area (Å²) in [6.07, 6.45) is 2.23. The van der Waals surface area contributed by atoms with Crippen molar-refractivity contribution in [3.05, 3.63) is 20.8 Å². The lowest BCUT2D eigenvalue weighted by molar-refractivity contribution is -0.130. The van der Waals surface area contributed by atoms with Gasteiger partial charge in [-0.05, 0) is 40.9 Å². The number of amides is 2. The molecule has 1 aromatic rings. The van der Waals surface area contributed by atoms with Crippen LogP contribution in [0.15, 0.2) is 15.9 Å². The normalized spacial score (nSPS) is 18.6. The van der Waals surface area contributed by atoms with E-state index in [4.69, 9.17) is 0 Å². The summed E-state index contributed by atoms with van der Waals surface area (Å²) in [6.45, 7) is 5.27. The number of rotatable bonds is 6. The molecular weight excluding hydrogens is 352 g/mol. The third-order valence-corrected chi connectivity index (χ3v) is 5.60. The molecule has 21 heavy (non-hydrogen) atoms. The summed E-state index contributed by atoms with van der Waals surface area (Å²) in [5.41, 5.74) is 0. The molecule has 0 bridgehead atoms. The van der Waals surface area contributed by atoms with Gasteiger partial charge in [-0.25, -0.2) is 0 Å². The summed E-state index contributed by atoms with van der Waals surface area (Å²) >= 11 is 5.02. The first-order valence-electron chi connectivity index (χ1n) is 7.36. The lowest BCUT2D eigenvalue weighted by atomic mass is 10.1. The number of carbonyl (C=O) groups is 2. The molecular formula is C15H21BrN2O2S. The molecule has 2 rings (SSSR count). The Morgan fingerprint density at radius 1 is 1.48 bits per heavy atom. The van der Waals surface area contributed by atoms with Crippen LogP contribution in [-0.2, 0) is 16.1 Å². The minimum atomic E-state index is -0.207. The number of likely N-dealkylation sites (tertiary alicyclic amines) is 1. The van der Waals surface area contributed by atoms with Crippen molar-refractivity contribution in [3.63, 3.8) is 0 Å². The van der Waals surface area contributed by atoms with Crippen LogP contribution >= 0.6 is 27.3 Å². The van der Waals surface area contributed by atoms with Gasteiger partial charge in [0.05, 0.1) is 16.2 Å². The molecule has 6 heteroatoms. The summed E-state index contributed by atoms with van der Waals surface area (Å²) in [7, 11) is 0. The van der Waals surface area contributed by atoms with E-state index < -0.39 is 0 Å². The molecule has 0 spiro atoms. The van der Waals surface area contributed by atoms with Crippen LogP contribution in [0.1, 0.15) is 38.0 Å². The van der Waals surface area contributed by atoms with Crippen LogP contribution in [0, 0.1) is 5.92 Å².